The quantitative estimate of drug-likeness (QED) is 0.697. The van der Waals surface area contributed by atoms with Crippen molar-refractivity contribution in [3.8, 4) is 5.75 Å². The second-order valence-electron chi connectivity index (χ2n) is 5.95. The number of fused-ring (bicyclic) bond motifs is 1. The van der Waals surface area contributed by atoms with Gasteiger partial charge in [0.2, 0.25) is 0 Å². The van der Waals surface area contributed by atoms with Gasteiger partial charge < -0.3 is 18.5 Å². The van der Waals surface area contributed by atoms with Crippen LogP contribution in [0.15, 0.2) is 51.5 Å². The lowest BCUT2D eigenvalue weighted by molar-refractivity contribution is 0.0736. The van der Waals surface area contributed by atoms with Crippen molar-refractivity contribution in [2.45, 2.75) is 11.7 Å². The Kier molecular flexibility index (Phi) is 4.44. The van der Waals surface area contributed by atoms with E-state index in [1.165, 1.54) is 0 Å². The number of nitrogens with zero attached hydrogens (tertiary/aromatic N) is 1. The van der Waals surface area contributed by atoms with Gasteiger partial charge >= 0.3 is 0 Å². The average molecular weight is 357 g/mol. The lowest BCUT2D eigenvalue weighted by Crippen LogP contribution is -2.32. The lowest BCUT2D eigenvalue weighted by atomic mass is 10.2. The van der Waals surface area contributed by atoms with Gasteiger partial charge in [-0.2, -0.15) is 0 Å². The number of thioether (sulfide) groups is 1. The molecule has 1 aliphatic rings. The number of para-hydroxylation sites is 1. The summed E-state index contributed by atoms with van der Waals surface area (Å²) in [6, 6.07) is 11.3. The summed E-state index contributed by atoms with van der Waals surface area (Å²) in [7, 11) is 1.60. The predicted octanol–water partition coefficient (Wildman–Crippen LogP) is 4.35. The molecule has 1 fully saturated rings. The number of carbonyl (C=O) groups excluding carboxylic acids is 1. The number of amides is 1. The van der Waals surface area contributed by atoms with Gasteiger partial charge in [-0.25, -0.2) is 0 Å². The highest BCUT2D eigenvalue weighted by Gasteiger charge is 2.26. The molecule has 1 unspecified atom stereocenters. The number of carbonyl (C=O) groups is 1. The number of hydrogen-bond acceptors (Lipinski definition) is 5. The van der Waals surface area contributed by atoms with Crippen LogP contribution in [0.5, 0.6) is 5.75 Å². The molecule has 25 heavy (non-hydrogen) atoms. The molecule has 1 atom stereocenters. The van der Waals surface area contributed by atoms with E-state index in [0.29, 0.717) is 35.4 Å². The van der Waals surface area contributed by atoms with E-state index >= 15 is 0 Å². The summed E-state index contributed by atoms with van der Waals surface area (Å²) in [5.74, 6) is 2.79. The van der Waals surface area contributed by atoms with Gasteiger partial charge in [0.1, 0.15) is 5.76 Å². The third-order valence-electron chi connectivity index (χ3n) is 4.43. The molecule has 0 aliphatic carbocycles. The number of furan rings is 2. The molecular weight excluding hydrogens is 338 g/mol. The van der Waals surface area contributed by atoms with Crippen molar-refractivity contribution in [3.05, 3.63) is 54.2 Å². The molecule has 1 aliphatic heterocycles. The van der Waals surface area contributed by atoms with Crippen LogP contribution in [0.4, 0.5) is 0 Å². The molecule has 0 bridgehead atoms. The monoisotopic (exact) mass is 357 g/mol. The zero-order valence-corrected chi connectivity index (χ0v) is 14.8. The minimum Gasteiger partial charge on any atom is -0.493 e. The maximum absolute atomic E-state index is 12.9. The van der Waals surface area contributed by atoms with Gasteiger partial charge in [-0.15, -0.1) is 11.8 Å². The van der Waals surface area contributed by atoms with Crippen molar-refractivity contribution in [1.82, 2.24) is 4.90 Å². The smallest absolute Gasteiger partial charge is 0.289 e. The fraction of sp³-hybridized carbons (Fsp3) is 0.316. The zero-order chi connectivity index (χ0) is 17.2. The largest absolute Gasteiger partial charge is 0.493 e. The van der Waals surface area contributed by atoms with E-state index in [1.54, 1.807) is 19.4 Å². The van der Waals surface area contributed by atoms with Crippen molar-refractivity contribution in [3.63, 3.8) is 0 Å². The number of benzene rings is 1. The summed E-state index contributed by atoms with van der Waals surface area (Å²) in [6.07, 6.45) is 2.57. The van der Waals surface area contributed by atoms with Crippen LogP contribution in [0.1, 0.15) is 28.0 Å². The average Bonchev–Trinajstić information content (AvgIpc) is 3.26. The van der Waals surface area contributed by atoms with E-state index in [0.717, 1.165) is 23.3 Å². The summed E-state index contributed by atoms with van der Waals surface area (Å²) in [5, 5.41) is 1.17. The standard InChI is InChI=1S/C19H19NO4S/c1-22-15-5-2-4-13-12-16(24-18(13)15)19(21)20-8-7-17(25-11-9-20)14-6-3-10-23-14/h2-6,10,12,17H,7-9,11H2,1H3. The fourth-order valence-corrected chi connectivity index (χ4v) is 4.31. The minimum atomic E-state index is -0.0704. The van der Waals surface area contributed by atoms with Gasteiger partial charge in [-0.3, -0.25) is 4.79 Å². The molecule has 1 aromatic carbocycles. The van der Waals surface area contributed by atoms with Crippen molar-refractivity contribution in [1.29, 1.82) is 0 Å². The molecule has 1 amide bonds. The van der Waals surface area contributed by atoms with Crippen molar-refractivity contribution < 1.29 is 18.4 Å². The number of ether oxygens (including phenoxy) is 1. The zero-order valence-electron chi connectivity index (χ0n) is 13.9. The minimum absolute atomic E-state index is 0.0704. The van der Waals surface area contributed by atoms with Crippen molar-refractivity contribution in [2.75, 3.05) is 26.0 Å². The highest BCUT2D eigenvalue weighted by Crippen LogP contribution is 2.35. The van der Waals surface area contributed by atoms with Crippen LogP contribution in [0, 0.1) is 0 Å². The van der Waals surface area contributed by atoms with E-state index in [2.05, 4.69) is 0 Å². The van der Waals surface area contributed by atoms with Crippen molar-refractivity contribution >= 4 is 28.6 Å². The Hall–Kier alpha value is -2.34. The second kappa shape index (κ2) is 6.88. The van der Waals surface area contributed by atoms with E-state index < -0.39 is 0 Å². The van der Waals surface area contributed by atoms with Crippen LogP contribution >= 0.6 is 11.8 Å². The maximum atomic E-state index is 12.9. The molecule has 0 saturated carbocycles. The Balaban J connectivity index is 1.53. The highest BCUT2D eigenvalue weighted by molar-refractivity contribution is 7.99. The molecule has 6 heteroatoms. The first-order valence-electron chi connectivity index (χ1n) is 8.27. The Labute approximate surface area is 149 Å². The molecule has 4 rings (SSSR count). The molecule has 5 nitrogen and oxygen atoms in total. The van der Waals surface area contributed by atoms with Gasteiger partial charge in [0.25, 0.3) is 5.91 Å². The number of hydrogen-bond donors (Lipinski definition) is 0. The summed E-state index contributed by atoms with van der Waals surface area (Å²) >= 11 is 1.83. The summed E-state index contributed by atoms with van der Waals surface area (Å²) in [4.78, 5) is 14.7. The molecule has 0 N–H and O–H groups in total. The number of rotatable bonds is 3. The molecule has 0 spiro atoms. The third-order valence-corrected chi connectivity index (χ3v) is 5.72. The van der Waals surface area contributed by atoms with Crippen molar-refractivity contribution in [2.24, 2.45) is 0 Å². The highest BCUT2D eigenvalue weighted by atomic mass is 32.2. The predicted molar refractivity (Wildman–Crippen MR) is 97.2 cm³/mol. The van der Waals surface area contributed by atoms with Gasteiger partial charge in [0, 0.05) is 24.2 Å². The van der Waals surface area contributed by atoms with Gasteiger partial charge in [-0.05, 0) is 30.7 Å². The van der Waals surface area contributed by atoms with Gasteiger partial charge in [0.05, 0.1) is 18.6 Å². The normalized spacial score (nSPS) is 18.3. The van der Waals surface area contributed by atoms with Gasteiger partial charge in [-0.1, -0.05) is 12.1 Å². The Morgan fingerprint density at radius 2 is 2.20 bits per heavy atom. The molecule has 130 valence electrons. The Morgan fingerprint density at radius 1 is 1.28 bits per heavy atom. The molecule has 2 aromatic heterocycles. The molecule has 3 aromatic rings. The maximum Gasteiger partial charge on any atom is 0.289 e. The van der Waals surface area contributed by atoms with E-state index in [9.17, 15) is 4.79 Å². The first-order chi connectivity index (χ1) is 12.3. The Bertz CT molecular complexity index is 871. The van der Waals surface area contributed by atoms with E-state index in [1.807, 2.05) is 47.0 Å². The SMILES string of the molecule is COc1cccc2cc(C(=O)N3CCSC(c4ccco4)CC3)oc12. The van der Waals surface area contributed by atoms with Crippen LogP contribution in [0.2, 0.25) is 0 Å². The fourth-order valence-electron chi connectivity index (χ4n) is 3.13. The Morgan fingerprint density at radius 3 is 3.00 bits per heavy atom. The molecule has 1 saturated heterocycles. The topological polar surface area (TPSA) is 55.8 Å². The van der Waals surface area contributed by atoms with Crippen LogP contribution in [-0.4, -0.2) is 36.8 Å². The van der Waals surface area contributed by atoms with Gasteiger partial charge in [0.15, 0.2) is 17.1 Å². The first kappa shape index (κ1) is 16.1. The van der Waals surface area contributed by atoms with Crippen LogP contribution in [0.3, 0.4) is 0 Å². The lowest BCUT2D eigenvalue weighted by Gasteiger charge is -2.18. The van der Waals surface area contributed by atoms with Crippen LogP contribution in [0.25, 0.3) is 11.0 Å². The molecular formula is C19H19NO4S. The summed E-state index contributed by atoms with van der Waals surface area (Å²) in [5.41, 5.74) is 0.617. The third kappa shape index (κ3) is 3.14. The summed E-state index contributed by atoms with van der Waals surface area (Å²) < 4.78 is 16.6. The molecule has 0 radical (unpaired) electrons. The number of methoxy groups -OCH3 is 1. The van der Waals surface area contributed by atoms with Crippen LogP contribution < -0.4 is 4.74 Å². The van der Waals surface area contributed by atoms with Crippen LogP contribution in [-0.2, 0) is 0 Å². The molecule has 3 heterocycles. The summed E-state index contributed by atoms with van der Waals surface area (Å²) in [6.45, 7) is 1.39. The first-order valence-corrected chi connectivity index (χ1v) is 9.32. The second-order valence-corrected chi connectivity index (χ2v) is 7.26. The van der Waals surface area contributed by atoms with E-state index in [-0.39, 0.29) is 5.91 Å². The van der Waals surface area contributed by atoms with E-state index in [4.69, 9.17) is 13.6 Å².